The van der Waals surface area contributed by atoms with E-state index in [1.807, 2.05) is 0 Å². The highest BCUT2D eigenvalue weighted by atomic mass is 19.1. The van der Waals surface area contributed by atoms with Crippen molar-refractivity contribution in [1.29, 1.82) is 0 Å². The summed E-state index contributed by atoms with van der Waals surface area (Å²) in [6.45, 7) is 5.64. The number of likely N-dealkylation sites (tertiary alicyclic amines) is 1. The van der Waals surface area contributed by atoms with Gasteiger partial charge in [0.1, 0.15) is 6.67 Å². The third-order valence-corrected chi connectivity index (χ3v) is 2.50. The molecule has 0 bridgehead atoms. The molecule has 0 spiro atoms. The van der Waals surface area contributed by atoms with Crippen molar-refractivity contribution >= 4 is 0 Å². The lowest BCUT2D eigenvalue weighted by atomic mass is 10.2. The number of hydrogen-bond acceptors (Lipinski definition) is 2. The molecule has 0 radical (unpaired) electrons. The van der Waals surface area contributed by atoms with Crippen molar-refractivity contribution in [2.45, 2.75) is 25.8 Å². The molecule has 72 valence electrons. The van der Waals surface area contributed by atoms with Crippen LogP contribution >= 0.6 is 0 Å². The molecule has 0 amide bonds. The van der Waals surface area contributed by atoms with Crippen LogP contribution in [-0.2, 0) is 0 Å². The van der Waals surface area contributed by atoms with Gasteiger partial charge in [0.15, 0.2) is 0 Å². The summed E-state index contributed by atoms with van der Waals surface area (Å²) in [7, 11) is 0. The van der Waals surface area contributed by atoms with Gasteiger partial charge in [-0.1, -0.05) is 6.92 Å². The molecule has 1 atom stereocenters. The Morgan fingerprint density at radius 3 is 3.08 bits per heavy atom. The Balaban J connectivity index is 2.20. The first-order valence-corrected chi connectivity index (χ1v) is 4.89. The second-order valence-corrected chi connectivity index (χ2v) is 3.33. The van der Waals surface area contributed by atoms with Crippen LogP contribution in [0.2, 0.25) is 0 Å². The highest BCUT2D eigenvalue weighted by molar-refractivity contribution is 4.80. The topological polar surface area (TPSA) is 15.3 Å². The van der Waals surface area contributed by atoms with Gasteiger partial charge >= 0.3 is 0 Å². The van der Waals surface area contributed by atoms with E-state index in [9.17, 15) is 4.39 Å². The van der Waals surface area contributed by atoms with Crippen molar-refractivity contribution in [3.63, 3.8) is 0 Å². The molecule has 0 saturated carbocycles. The van der Waals surface area contributed by atoms with Gasteiger partial charge in [-0.05, 0) is 25.9 Å². The second kappa shape index (κ2) is 5.49. The zero-order valence-electron chi connectivity index (χ0n) is 7.85. The molecule has 0 aliphatic carbocycles. The van der Waals surface area contributed by atoms with E-state index in [0.29, 0.717) is 12.6 Å². The Hall–Kier alpha value is -0.150. The van der Waals surface area contributed by atoms with Crippen LogP contribution in [0.1, 0.15) is 19.8 Å². The largest absolute Gasteiger partial charge is 0.315 e. The van der Waals surface area contributed by atoms with Crippen LogP contribution in [0.3, 0.4) is 0 Å². The number of halogens is 1. The van der Waals surface area contributed by atoms with Crippen molar-refractivity contribution in [3.05, 3.63) is 0 Å². The third-order valence-electron chi connectivity index (χ3n) is 2.50. The first-order chi connectivity index (χ1) is 5.88. The highest BCUT2D eigenvalue weighted by Gasteiger charge is 2.22. The summed E-state index contributed by atoms with van der Waals surface area (Å²) in [4.78, 5) is 2.25. The van der Waals surface area contributed by atoms with Crippen molar-refractivity contribution < 1.29 is 4.39 Å². The fraction of sp³-hybridized carbons (Fsp3) is 1.00. The normalized spacial score (nSPS) is 25.0. The van der Waals surface area contributed by atoms with E-state index in [4.69, 9.17) is 0 Å². The second-order valence-electron chi connectivity index (χ2n) is 3.33. The Morgan fingerprint density at radius 2 is 2.42 bits per heavy atom. The lowest BCUT2D eigenvalue weighted by molar-refractivity contribution is 0.227. The highest BCUT2D eigenvalue weighted by Crippen LogP contribution is 2.15. The Labute approximate surface area is 74.1 Å². The molecular weight excluding hydrogens is 155 g/mol. The molecule has 1 N–H and O–H groups in total. The van der Waals surface area contributed by atoms with E-state index in [2.05, 4.69) is 17.1 Å². The molecule has 12 heavy (non-hydrogen) atoms. The lowest BCUT2D eigenvalue weighted by Gasteiger charge is -2.22. The molecular formula is C9H19FN2. The van der Waals surface area contributed by atoms with Crippen LogP contribution in [0, 0.1) is 0 Å². The molecule has 0 aromatic rings. The zero-order valence-corrected chi connectivity index (χ0v) is 7.85. The minimum Gasteiger partial charge on any atom is -0.315 e. The number of likely N-dealkylation sites (N-methyl/N-ethyl adjacent to an activating group) is 1. The quantitative estimate of drug-likeness (QED) is 0.669. The Morgan fingerprint density at radius 1 is 1.58 bits per heavy atom. The van der Waals surface area contributed by atoms with E-state index in [0.717, 1.165) is 19.6 Å². The smallest absolute Gasteiger partial charge is 0.102 e. The van der Waals surface area contributed by atoms with E-state index < -0.39 is 0 Å². The van der Waals surface area contributed by atoms with Gasteiger partial charge in [-0.2, -0.15) is 0 Å². The van der Waals surface area contributed by atoms with Gasteiger partial charge in [-0.3, -0.25) is 4.90 Å². The van der Waals surface area contributed by atoms with Crippen molar-refractivity contribution in [2.75, 3.05) is 32.9 Å². The number of alkyl halides is 1. The summed E-state index contributed by atoms with van der Waals surface area (Å²) in [5.41, 5.74) is 0. The SMILES string of the molecule is CCNCC1CCCN1CCF. The van der Waals surface area contributed by atoms with Gasteiger partial charge in [0.25, 0.3) is 0 Å². The Kier molecular flexibility index (Phi) is 4.54. The average molecular weight is 174 g/mol. The van der Waals surface area contributed by atoms with Crippen LogP contribution < -0.4 is 5.32 Å². The number of rotatable bonds is 5. The predicted molar refractivity (Wildman–Crippen MR) is 49.1 cm³/mol. The van der Waals surface area contributed by atoms with Crippen LogP contribution in [-0.4, -0.2) is 43.8 Å². The molecule has 1 rings (SSSR count). The standard InChI is InChI=1S/C9H19FN2/c1-2-11-8-9-4-3-6-12(9)7-5-10/h9,11H,2-8H2,1H3. The molecule has 1 saturated heterocycles. The van der Waals surface area contributed by atoms with Crippen LogP contribution in [0.5, 0.6) is 0 Å². The summed E-state index contributed by atoms with van der Waals surface area (Å²) in [5.74, 6) is 0. The maximum Gasteiger partial charge on any atom is 0.102 e. The van der Waals surface area contributed by atoms with Crippen molar-refractivity contribution in [3.8, 4) is 0 Å². The van der Waals surface area contributed by atoms with E-state index >= 15 is 0 Å². The van der Waals surface area contributed by atoms with E-state index in [1.165, 1.54) is 12.8 Å². The molecule has 1 aliphatic rings. The minimum atomic E-state index is -0.206. The maximum absolute atomic E-state index is 12.1. The predicted octanol–water partition coefficient (Wildman–Crippen LogP) is 1.03. The van der Waals surface area contributed by atoms with E-state index in [1.54, 1.807) is 0 Å². The van der Waals surface area contributed by atoms with Gasteiger partial charge in [0, 0.05) is 19.1 Å². The number of nitrogens with one attached hydrogen (secondary N) is 1. The summed E-state index contributed by atoms with van der Waals surface area (Å²) in [5, 5.41) is 3.31. The van der Waals surface area contributed by atoms with Gasteiger partial charge in [0.2, 0.25) is 0 Å². The fourth-order valence-corrected chi connectivity index (χ4v) is 1.84. The number of hydrogen-bond donors (Lipinski definition) is 1. The molecule has 1 fully saturated rings. The molecule has 1 aliphatic heterocycles. The molecule has 3 heteroatoms. The first kappa shape index (κ1) is 9.93. The van der Waals surface area contributed by atoms with Gasteiger partial charge in [0.05, 0.1) is 0 Å². The molecule has 1 heterocycles. The monoisotopic (exact) mass is 174 g/mol. The zero-order chi connectivity index (χ0) is 8.81. The summed E-state index contributed by atoms with van der Waals surface area (Å²) < 4.78 is 12.1. The first-order valence-electron chi connectivity index (χ1n) is 4.89. The summed E-state index contributed by atoms with van der Waals surface area (Å²) in [6, 6.07) is 0.584. The molecule has 2 nitrogen and oxygen atoms in total. The lowest BCUT2D eigenvalue weighted by Crippen LogP contribution is -2.38. The number of nitrogens with zero attached hydrogens (tertiary/aromatic N) is 1. The fourth-order valence-electron chi connectivity index (χ4n) is 1.84. The van der Waals surface area contributed by atoms with Crippen molar-refractivity contribution in [1.82, 2.24) is 10.2 Å². The maximum atomic E-state index is 12.1. The summed E-state index contributed by atoms with van der Waals surface area (Å²) in [6.07, 6.45) is 2.46. The van der Waals surface area contributed by atoms with Gasteiger partial charge in [-0.15, -0.1) is 0 Å². The van der Waals surface area contributed by atoms with Crippen LogP contribution in [0.15, 0.2) is 0 Å². The average Bonchev–Trinajstić information content (AvgIpc) is 2.50. The van der Waals surface area contributed by atoms with Crippen LogP contribution in [0.25, 0.3) is 0 Å². The van der Waals surface area contributed by atoms with Crippen LogP contribution in [0.4, 0.5) is 4.39 Å². The van der Waals surface area contributed by atoms with E-state index in [-0.39, 0.29) is 6.67 Å². The van der Waals surface area contributed by atoms with Crippen molar-refractivity contribution in [2.24, 2.45) is 0 Å². The van der Waals surface area contributed by atoms with Gasteiger partial charge in [-0.25, -0.2) is 4.39 Å². The minimum absolute atomic E-state index is 0.206. The summed E-state index contributed by atoms with van der Waals surface area (Å²) >= 11 is 0. The molecule has 0 aromatic heterocycles. The third kappa shape index (κ3) is 2.72. The molecule has 1 unspecified atom stereocenters. The molecule has 0 aromatic carbocycles. The Bertz CT molecular complexity index is 119. The van der Waals surface area contributed by atoms with Gasteiger partial charge < -0.3 is 5.32 Å².